The fourth-order valence-corrected chi connectivity index (χ4v) is 2.83. The van der Waals surface area contributed by atoms with Crippen LogP contribution in [0.15, 0.2) is 18.2 Å². The second-order valence-electron chi connectivity index (χ2n) is 5.76. The Balaban J connectivity index is 1.98. The lowest BCUT2D eigenvalue weighted by molar-refractivity contribution is 0.0791. The number of hydrogen-bond donors (Lipinski definition) is 1. The Morgan fingerprint density at radius 1 is 1.43 bits per heavy atom. The molecule has 4 heteroatoms. The minimum atomic E-state index is 0.394. The Morgan fingerprint density at radius 2 is 2.29 bits per heavy atom. The highest BCUT2D eigenvalue weighted by Gasteiger charge is 2.18. The normalized spacial score (nSPS) is 18.4. The summed E-state index contributed by atoms with van der Waals surface area (Å²) in [6.45, 7) is 6.81. The molecule has 0 spiro atoms. The van der Waals surface area contributed by atoms with Crippen LogP contribution in [-0.2, 0) is 17.8 Å². The van der Waals surface area contributed by atoms with E-state index in [1.54, 1.807) is 7.11 Å². The van der Waals surface area contributed by atoms with Crippen LogP contribution < -0.4 is 10.1 Å². The zero-order valence-electron chi connectivity index (χ0n) is 13.5. The van der Waals surface area contributed by atoms with Gasteiger partial charge in [-0.3, -0.25) is 4.90 Å². The molecular formula is C17H28N2O2. The average molecular weight is 292 g/mol. The number of hydrogen-bond acceptors (Lipinski definition) is 4. The number of rotatable bonds is 8. The Labute approximate surface area is 128 Å². The highest BCUT2D eigenvalue weighted by Crippen LogP contribution is 2.22. The molecule has 4 nitrogen and oxygen atoms in total. The summed E-state index contributed by atoms with van der Waals surface area (Å²) in [5.74, 6) is 0.967. The molecule has 1 heterocycles. The van der Waals surface area contributed by atoms with E-state index in [0.29, 0.717) is 6.10 Å². The van der Waals surface area contributed by atoms with Crippen molar-refractivity contribution >= 4 is 0 Å². The van der Waals surface area contributed by atoms with Gasteiger partial charge in [-0.2, -0.15) is 0 Å². The standard InChI is InChI=1S/C17H28N2O2/c1-4-18-11-14-7-8-17(20-3)15(10-14)12-19(2)13-16-6-5-9-21-16/h7-8,10,16,18H,4-6,9,11-13H2,1-3H3. The third-order valence-electron chi connectivity index (χ3n) is 3.90. The molecule has 1 fully saturated rings. The molecule has 118 valence electrons. The summed E-state index contributed by atoms with van der Waals surface area (Å²) in [5, 5.41) is 3.37. The monoisotopic (exact) mass is 292 g/mol. The van der Waals surface area contributed by atoms with Crippen molar-refractivity contribution < 1.29 is 9.47 Å². The van der Waals surface area contributed by atoms with E-state index in [1.165, 1.54) is 24.0 Å². The van der Waals surface area contributed by atoms with E-state index < -0.39 is 0 Å². The van der Waals surface area contributed by atoms with Crippen molar-refractivity contribution in [3.63, 3.8) is 0 Å². The molecule has 0 bridgehead atoms. The summed E-state index contributed by atoms with van der Waals surface area (Å²) in [5.41, 5.74) is 2.55. The molecule has 0 aromatic heterocycles. The lowest BCUT2D eigenvalue weighted by Crippen LogP contribution is -2.28. The maximum Gasteiger partial charge on any atom is 0.123 e. The van der Waals surface area contributed by atoms with Crippen molar-refractivity contribution in [2.75, 3.05) is 33.9 Å². The zero-order chi connectivity index (χ0) is 15.1. The molecule has 1 aliphatic heterocycles. The van der Waals surface area contributed by atoms with Gasteiger partial charge in [0.15, 0.2) is 0 Å². The number of nitrogens with zero attached hydrogens (tertiary/aromatic N) is 1. The van der Waals surface area contributed by atoms with Crippen LogP contribution in [0.25, 0.3) is 0 Å². The smallest absolute Gasteiger partial charge is 0.123 e. The van der Waals surface area contributed by atoms with E-state index in [-0.39, 0.29) is 0 Å². The molecule has 1 aromatic rings. The molecule has 1 atom stereocenters. The second kappa shape index (κ2) is 8.37. The van der Waals surface area contributed by atoms with Crippen molar-refractivity contribution in [1.29, 1.82) is 0 Å². The first-order valence-electron chi connectivity index (χ1n) is 7.89. The highest BCUT2D eigenvalue weighted by atomic mass is 16.5. The maximum absolute atomic E-state index is 5.71. The Hall–Kier alpha value is -1.10. The van der Waals surface area contributed by atoms with Crippen molar-refractivity contribution in [2.24, 2.45) is 0 Å². The fraction of sp³-hybridized carbons (Fsp3) is 0.647. The molecule has 1 unspecified atom stereocenters. The predicted molar refractivity (Wildman–Crippen MR) is 85.7 cm³/mol. The molecular weight excluding hydrogens is 264 g/mol. The summed E-state index contributed by atoms with van der Waals surface area (Å²) >= 11 is 0. The summed E-state index contributed by atoms with van der Waals surface area (Å²) in [6.07, 6.45) is 2.77. The van der Waals surface area contributed by atoms with Gasteiger partial charge in [0.05, 0.1) is 13.2 Å². The van der Waals surface area contributed by atoms with Gasteiger partial charge in [0.1, 0.15) is 5.75 Å². The van der Waals surface area contributed by atoms with Gasteiger partial charge in [0.25, 0.3) is 0 Å². The molecule has 21 heavy (non-hydrogen) atoms. The number of likely N-dealkylation sites (N-methyl/N-ethyl adjacent to an activating group) is 1. The average Bonchev–Trinajstić information content (AvgIpc) is 2.98. The van der Waals surface area contributed by atoms with Crippen LogP contribution in [0, 0.1) is 0 Å². The summed E-state index contributed by atoms with van der Waals surface area (Å²) in [4.78, 5) is 2.32. The fourth-order valence-electron chi connectivity index (χ4n) is 2.83. The molecule has 0 saturated carbocycles. The number of ether oxygens (including phenoxy) is 2. The van der Waals surface area contributed by atoms with Crippen LogP contribution >= 0.6 is 0 Å². The lowest BCUT2D eigenvalue weighted by Gasteiger charge is -2.22. The molecule has 0 aliphatic carbocycles. The lowest BCUT2D eigenvalue weighted by atomic mass is 10.1. The van der Waals surface area contributed by atoms with Crippen molar-refractivity contribution in [2.45, 2.75) is 39.0 Å². The Kier molecular flexibility index (Phi) is 6.49. The molecule has 1 saturated heterocycles. The summed E-state index contributed by atoms with van der Waals surface area (Å²) in [7, 11) is 3.89. The Bertz CT molecular complexity index is 431. The van der Waals surface area contributed by atoms with Gasteiger partial charge in [-0.1, -0.05) is 13.0 Å². The van der Waals surface area contributed by atoms with E-state index in [1.807, 2.05) is 0 Å². The van der Waals surface area contributed by atoms with Crippen LogP contribution in [0.4, 0.5) is 0 Å². The third kappa shape index (κ3) is 4.99. The van der Waals surface area contributed by atoms with Gasteiger partial charge < -0.3 is 14.8 Å². The predicted octanol–water partition coefficient (Wildman–Crippen LogP) is 2.42. The van der Waals surface area contributed by atoms with Gasteiger partial charge in [-0.25, -0.2) is 0 Å². The number of nitrogens with one attached hydrogen (secondary N) is 1. The van der Waals surface area contributed by atoms with Crippen molar-refractivity contribution in [3.8, 4) is 5.75 Å². The second-order valence-corrected chi connectivity index (χ2v) is 5.76. The van der Waals surface area contributed by atoms with Crippen LogP contribution in [0.2, 0.25) is 0 Å². The zero-order valence-corrected chi connectivity index (χ0v) is 13.5. The molecule has 0 amide bonds. The third-order valence-corrected chi connectivity index (χ3v) is 3.90. The van der Waals surface area contributed by atoms with Gasteiger partial charge in [0.2, 0.25) is 0 Å². The van der Waals surface area contributed by atoms with Crippen LogP contribution in [0.1, 0.15) is 30.9 Å². The van der Waals surface area contributed by atoms with E-state index in [0.717, 1.165) is 38.5 Å². The minimum absolute atomic E-state index is 0.394. The van der Waals surface area contributed by atoms with E-state index in [2.05, 4.69) is 42.4 Å². The Morgan fingerprint density at radius 3 is 2.95 bits per heavy atom. The number of benzene rings is 1. The highest BCUT2D eigenvalue weighted by molar-refractivity contribution is 5.37. The van der Waals surface area contributed by atoms with Gasteiger partial charge in [-0.05, 0) is 44.1 Å². The van der Waals surface area contributed by atoms with E-state index in [4.69, 9.17) is 9.47 Å². The molecule has 1 aromatic carbocycles. The van der Waals surface area contributed by atoms with Crippen LogP contribution in [0.3, 0.4) is 0 Å². The van der Waals surface area contributed by atoms with Crippen LogP contribution in [0.5, 0.6) is 5.75 Å². The largest absolute Gasteiger partial charge is 0.496 e. The first kappa shape index (κ1) is 16.3. The topological polar surface area (TPSA) is 33.7 Å². The van der Waals surface area contributed by atoms with E-state index >= 15 is 0 Å². The molecule has 1 aliphatic rings. The first-order chi connectivity index (χ1) is 10.2. The molecule has 0 radical (unpaired) electrons. The first-order valence-corrected chi connectivity index (χ1v) is 7.89. The summed E-state index contributed by atoms with van der Waals surface area (Å²) in [6, 6.07) is 6.44. The maximum atomic E-state index is 5.71. The van der Waals surface area contributed by atoms with Gasteiger partial charge in [-0.15, -0.1) is 0 Å². The van der Waals surface area contributed by atoms with E-state index in [9.17, 15) is 0 Å². The van der Waals surface area contributed by atoms with Gasteiger partial charge in [0, 0.05) is 31.8 Å². The van der Waals surface area contributed by atoms with Crippen LogP contribution in [-0.4, -0.2) is 44.9 Å². The van der Waals surface area contributed by atoms with Crippen molar-refractivity contribution in [3.05, 3.63) is 29.3 Å². The summed E-state index contributed by atoms with van der Waals surface area (Å²) < 4.78 is 11.2. The van der Waals surface area contributed by atoms with Crippen molar-refractivity contribution in [1.82, 2.24) is 10.2 Å². The number of methoxy groups -OCH3 is 1. The van der Waals surface area contributed by atoms with Gasteiger partial charge >= 0.3 is 0 Å². The molecule has 1 N–H and O–H groups in total. The molecule has 2 rings (SSSR count). The quantitative estimate of drug-likeness (QED) is 0.798. The SMILES string of the molecule is CCNCc1ccc(OC)c(CN(C)CC2CCCO2)c1. The minimum Gasteiger partial charge on any atom is -0.496 e.